The lowest BCUT2D eigenvalue weighted by Gasteiger charge is -2.15. The van der Waals surface area contributed by atoms with Gasteiger partial charge in [0, 0.05) is 54.7 Å². The third kappa shape index (κ3) is 6.54. The zero-order chi connectivity index (χ0) is 47.0. The summed E-state index contributed by atoms with van der Waals surface area (Å²) >= 11 is 0. The number of aromatic nitrogens is 5. The molecule has 0 spiro atoms. The molecule has 0 N–H and O–H groups in total. The zero-order valence-electron chi connectivity index (χ0n) is 38.0. The minimum atomic E-state index is 0.511. The molecular formula is C64H38N6O. The standard InChI is InChI=1S/C64H38N6O/c1-65-47-34-32-44(33-35-47)54-38-48(39-55-51-20-10-13-23-58(51)71-61(54)55)69-56-21-11-8-18-49(56)52-36-37-53-50-19-9-12-22-57(50)70(60(53)59(52)69)64-67-62(45-28-24-42(25-29-45)40-14-4-2-5-15-40)66-63(68-64)46-30-26-43(27-31-46)41-16-6-3-7-17-41/h2-39H. The average Bonchev–Trinajstić information content (AvgIpc) is 4.11. The maximum absolute atomic E-state index is 7.67. The molecule has 0 bridgehead atoms. The van der Waals surface area contributed by atoms with Crippen molar-refractivity contribution >= 4 is 71.2 Å². The van der Waals surface area contributed by atoms with Gasteiger partial charge in [-0.2, -0.15) is 9.97 Å². The topological polar surface area (TPSA) is 66.0 Å². The average molecular weight is 907 g/mol. The smallest absolute Gasteiger partial charge is 0.238 e. The highest BCUT2D eigenvalue weighted by molar-refractivity contribution is 6.24. The number of benzene rings is 10. The molecule has 0 saturated heterocycles. The lowest BCUT2D eigenvalue weighted by molar-refractivity contribution is 0.670. The van der Waals surface area contributed by atoms with Gasteiger partial charge in [-0.25, -0.2) is 9.83 Å². The van der Waals surface area contributed by atoms with Crippen LogP contribution in [-0.2, 0) is 0 Å². The van der Waals surface area contributed by atoms with Crippen molar-refractivity contribution in [1.82, 2.24) is 24.1 Å². The lowest BCUT2D eigenvalue weighted by atomic mass is 10.0. The minimum absolute atomic E-state index is 0.511. The summed E-state index contributed by atoms with van der Waals surface area (Å²) in [5, 5.41) is 6.41. The first-order valence-corrected chi connectivity index (χ1v) is 23.6. The van der Waals surface area contributed by atoms with E-state index in [1.165, 1.54) is 0 Å². The summed E-state index contributed by atoms with van der Waals surface area (Å²) in [6.45, 7) is 7.67. The van der Waals surface area contributed by atoms with E-state index in [1.807, 2.05) is 48.5 Å². The third-order valence-electron chi connectivity index (χ3n) is 13.8. The first kappa shape index (κ1) is 40.2. The Bertz CT molecular complexity index is 4330. The molecule has 14 aromatic rings. The first-order valence-electron chi connectivity index (χ1n) is 23.6. The lowest BCUT2D eigenvalue weighted by Crippen LogP contribution is -2.07. The Morgan fingerprint density at radius 2 is 0.831 bits per heavy atom. The fourth-order valence-electron chi connectivity index (χ4n) is 10.5. The number of furan rings is 1. The van der Waals surface area contributed by atoms with Crippen LogP contribution in [0, 0.1) is 6.57 Å². The minimum Gasteiger partial charge on any atom is -0.455 e. The van der Waals surface area contributed by atoms with E-state index < -0.39 is 0 Å². The van der Waals surface area contributed by atoms with Gasteiger partial charge in [0.25, 0.3) is 0 Å². The van der Waals surface area contributed by atoms with Crippen molar-refractivity contribution in [3.05, 3.63) is 242 Å². The third-order valence-corrected chi connectivity index (χ3v) is 13.8. The van der Waals surface area contributed by atoms with Gasteiger partial charge in [0.15, 0.2) is 17.3 Å². The number of hydrogen-bond acceptors (Lipinski definition) is 4. The van der Waals surface area contributed by atoms with E-state index in [9.17, 15) is 0 Å². The highest BCUT2D eigenvalue weighted by Gasteiger charge is 2.25. The molecule has 330 valence electrons. The van der Waals surface area contributed by atoms with E-state index in [1.54, 1.807) is 0 Å². The molecule has 0 saturated carbocycles. The largest absolute Gasteiger partial charge is 0.455 e. The molecule has 0 atom stereocenters. The Balaban J connectivity index is 1.06. The monoisotopic (exact) mass is 906 g/mol. The maximum Gasteiger partial charge on any atom is 0.238 e. The van der Waals surface area contributed by atoms with E-state index in [4.69, 9.17) is 25.9 Å². The van der Waals surface area contributed by atoms with E-state index in [-0.39, 0.29) is 0 Å². The SMILES string of the molecule is [C-]#[N+]c1ccc(-c2cc(-n3c4ccccc4c4ccc5c6ccccc6n(-c6nc(-c7ccc(-c8ccccc8)cc7)nc(-c7ccc(-c8ccccc8)cc7)n6)c5c43)cc3c2oc2ccccc23)cc1. The second kappa shape index (κ2) is 16.1. The van der Waals surface area contributed by atoms with Crippen molar-refractivity contribution in [2.75, 3.05) is 0 Å². The molecule has 0 fully saturated rings. The highest BCUT2D eigenvalue weighted by Crippen LogP contribution is 2.44. The van der Waals surface area contributed by atoms with Crippen molar-refractivity contribution in [3.8, 4) is 67.8 Å². The Labute approximate surface area is 407 Å². The maximum atomic E-state index is 7.67. The van der Waals surface area contributed by atoms with Gasteiger partial charge in [0.1, 0.15) is 11.2 Å². The van der Waals surface area contributed by atoms with Crippen LogP contribution in [0.25, 0.3) is 138 Å². The molecule has 0 aliphatic heterocycles. The fraction of sp³-hybridized carbons (Fsp3) is 0. The number of hydrogen-bond donors (Lipinski definition) is 0. The van der Waals surface area contributed by atoms with Crippen LogP contribution in [0.5, 0.6) is 0 Å². The summed E-state index contributed by atoms with van der Waals surface area (Å²) in [5.74, 6) is 1.65. The van der Waals surface area contributed by atoms with Crippen molar-refractivity contribution < 1.29 is 4.42 Å². The molecule has 0 unspecified atom stereocenters. The Morgan fingerprint density at radius 1 is 0.366 bits per heavy atom. The number of para-hydroxylation sites is 3. The van der Waals surface area contributed by atoms with Crippen LogP contribution in [-0.4, -0.2) is 24.1 Å². The molecule has 71 heavy (non-hydrogen) atoms. The van der Waals surface area contributed by atoms with E-state index >= 15 is 0 Å². The molecule has 0 radical (unpaired) electrons. The molecule has 7 nitrogen and oxygen atoms in total. The Hall–Kier alpha value is -9.90. The van der Waals surface area contributed by atoms with Crippen molar-refractivity contribution in [3.63, 3.8) is 0 Å². The van der Waals surface area contributed by atoms with Gasteiger partial charge < -0.3 is 8.98 Å². The van der Waals surface area contributed by atoms with E-state index in [0.717, 1.165) is 116 Å². The van der Waals surface area contributed by atoms with Crippen molar-refractivity contribution in [2.45, 2.75) is 0 Å². The van der Waals surface area contributed by atoms with Gasteiger partial charge in [0.05, 0.1) is 28.6 Å². The molecule has 0 amide bonds. The predicted octanol–water partition coefficient (Wildman–Crippen LogP) is 16.9. The molecule has 0 aliphatic rings. The summed E-state index contributed by atoms with van der Waals surface area (Å²) in [6, 6.07) is 79.9. The Morgan fingerprint density at radius 3 is 1.41 bits per heavy atom. The normalized spacial score (nSPS) is 11.6. The molecular weight excluding hydrogens is 869 g/mol. The quantitative estimate of drug-likeness (QED) is 0.149. The van der Waals surface area contributed by atoms with Crippen LogP contribution < -0.4 is 0 Å². The fourth-order valence-corrected chi connectivity index (χ4v) is 10.5. The summed E-state index contributed by atoms with van der Waals surface area (Å²) in [7, 11) is 0. The summed E-state index contributed by atoms with van der Waals surface area (Å²) in [5.41, 5.74) is 15.4. The molecule has 4 aromatic heterocycles. The first-order chi connectivity index (χ1) is 35.1. The van der Waals surface area contributed by atoms with Gasteiger partial charge in [0.2, 0.25) is 5.95 Å². The van der Waals surface area contributed by atoms with Gasteiger partial charge in [-0.3, -0.25) is 4.57 Å². The molecule has 14 rings (SSSR count). The van der Waals surface area contributed by atoms with Crippen molar-refractivity contribution in [2.24, 2.45) is 0 Å². The van der Waals surface area contributed by atoms with Crippen LogP contribution in [0.3, 0.4) is 0 Å². The number of nitrogens with zero attached hydrogens (tertiary/aromatic N) is 6. The highest BCUT2D eigenvalue weighted by atomic mass is 16.3. The van der Waals surface area contributed by atoms with Crippen LogP contribution in [0.15, 0.2) is 235 Å². The molecule has 7 heteroatoms. The van der Waals surface area contributed by atoms with Crippen molar-refractivity contribution in [1.29, 1.82) is 0 Å². The summed E-state index contributed by atoms with van der Waals surface area (Å²) in [6.07, 6.45) is 0. The summed E-state index contributed by atoms with van der Waals surface area (Å²) < 4.78 is 11.3. The van der Waals surface area contributed by atoms with Crippen LogP contribution in [0.1, 0.15) is 0 Å². The van der Waals surface area contributed by atoms with Gasteiger partial charge in [-0.1, -0.05) is 200 Å². The van der Waals surface area contributed by atoms with Crippen LogP contribution in [0.4, 0.5) is 5.69 Å². The molecule has 10 aromatic carbocycles. The Kier molecular flexibility index (Phi) is 9.13. The van der Waals surface area contributed by atoms with Gasteiger partial charge >= 0.3 is 0 Å². The van der Waals surface area contributed by atoms with E-state index in [2.05, 4.69) is 196 Å². The van der Waals surface area contributed by atoms with E-state index in [0.29, 0.717) is 23.3 Å². The summed E-state index contributed by atoms with van der Waals surface area (Å²) in [4.78, 5) is 19.8. The number of fused-ring (bicyclic) bond motifs is 10. The molecule has 4 heterocycles. The predicted molar refractivity (Wildman–Crippen MR) is 289 cm³/mol. The second-order valence-electron chi connectivity index (χ2n) is 17.9. The van der Waals surface area contributed by atoms with Gasteiger partial charge in [-0.15, -0.1) is 0 Å². The van der Waals surface area contributed by atoms with Gasteiger partial charge in [-0.05, 0) is 58.1 Å². The van der Waals surface area contributed by atoms with Crippen LogP contribution >= 0.6 is 0 Å². The number of rotatable bonds is 7. The zero-order valence-corrected chi connectivity index (χ0v) is 38.0. The molecule has 0 aliphatic carbocycles. The van der Waals surface area contributed by atoms with Crippen LogP contribution in [0.2, 0.25) is 0 Å². The second-order valence-corrected chi connectivity index (χ2v) is 17.9.